The fraction of sp³-hybridized carbons (Fsp3) is 0.212. The number of ether oxygens (including phenoxy) is 2. The van der Waals surface area contributed by atoms with Gasteiger partial charge in [-0.3, -0.25) is 10.2 Å². The van der Waals surface area contributed by atoms with Crippen LogP contribution < -0.4 is 15.6 Å². The van der Waals surface area contributed by atoms with Crippen molar-refractivity contribution in [2.24, 2.45) is 4.99 Å². The highest BCUT2D eigenvalue weighted by molar-refractivity contribution is 9.10. The summed E-state index contributed by atoms with van der Waals surface area (Å²) in [6, 6.07) is 28.0. The Balaban J connectivity index is 1.52. The second-order valence-corrected chi connectivity index (χ2v) is 12.8. The highest BCUT2D eigenvalue weighted by Gasteiger charge is 2.53. The van der Waals surface area contributed by atoms with Gasteiger partial charge in [0.2, 0.25) is 5.90 Å². The Morgan fingerprint density at radius 3 is 2.43 bits per heavy atom. The highest BCUT2D eigenvalue weighted by Crippen LogP contribution is 2.43. The Labute approximate surface area is 282 Å². The number of nitrogens with zero attached hydrogens (tertiary/aromatic N) is 1. The predicted octanol–water partition coefficient (Wildman–Crippen LogP) is 7.60. The van der Waals surface area contributed by atoms with Gasteiger partial charge in [-0.25, -0.2) is 10.4 Å². The van der Waals surface area contributed by atoms with Crippen LogP contribution in [-0.2, 0) is 22.5 Å². The van der Waals surface area contributed by atoms with Crippen molar-refractivity contribution in [1.29, 1.82) is 0 Å². The number of carbonyl (C=O) groups is 1. The van der Waals surface area contributed by atoms with E-state index in [0.29, 0.717) is 40.3 Å². The number of halogens is 4. The van der Waals surface area contributed by atoms with Crippen molar-refractivity contribution in [3.63, 3.8) is 0 Å². The molecule has 1 heterocycles. The molecule has 1 aliphatic heterocycles. The van der Waals surface area contributed by atoms with Gasteiger partial charge in [-0.05, 0) is 71.3 Å². The first kappa shape index (κ1) is 32.5. The number of aliphatic hydroxyl groups is 1. The third kappa shape index (κ3) is 7.65. The molecular weight excluding hydrogens is 733 g/mol. The largest absolute Gasteiger partial charge is 0.494 e. The fourth-order valence-electron chi connectivity index (χ4n) is 4.84. The third-order valence-electron chi connectivity index (χ3n) is 7.12. The van der Waals surface area contributed by atoms with Crippen LogP contribution in [0.4, 0.5) is 0 Å². The van der Waals surface area contributed by atoms with Crippen molar-refractivity contribution in [3.05, 3.63) is 132 Å². The van der Waals surface area contributed by atoms with Gasteiger partial charge in [0.15, 0.2) is 11.6 Å². The van der Waals surface area contributed by atoms with Crippen LogP contribution in [0.5, 0.6) is 5.75 Å². The normalized spacial score (nSPS) is 17.6. The molecule has 0 unspecified atom stereocenters. The van der Waals surface area contributed by atoms with E-state index in [0.717, 1.165) is 25.6 Å². The van der Waals surface area contributed by atoms with Gasteiger partial charge in [-0.15, -0.1) is 0 Å². The van der Waals surface area contributed by atoms with Crippen LogP contribution in [0.15, 0.2) is 105 Å². The summed E-state index contributed by atoms with van der Waals surface area (Å²) in [6.45, 7) is 0.733. The number of aliphatic hydroxyl groups excluding tert-OH is 1. The molecule has 5 rings (SSSR count). The Morgan fingerprint density at radius 2 is 1.73 bits per heavy atom. The van der Waals surface area contributed by atoms with Crippen LogP contribution in [0.25, 0.3) is 0 Å². The minimum Gasteiger partial charge on any atom is -0.494 e. The average molecular weight is 762 g/mol. The van der Waals surface area contributed by atoms with E-state index in [1.54, 1.807) is 18.2 Å². The molecule has 0 saturated carbocycles. The number of hydrogen-bond acceptors (Lipinski definition) is 6. The molecule has 0 aliphatic carbocycles. The van der Waals surface area contributed by atoms with Crippen LogP contribution in [0, 0.1) is 0 Å². The molecule has 4 aromatic rings. The van der Waals surface area contributed by atoms with E-state index in [1.807, 2.05) is 72.8 Å². The zero-order valence-electron chi connectivity index (χ0n) is 23.4. The smallest absolute Gasteiger partial charge is 0.266 e. The van der Waals surface area contributed by atoms with Gasteiger partial charge in [0.05, 0.1) is 6.61 Å². The summed E-state index contributed by atoms with van der Waals surface area (Å²) in [7, 11) is 0. The van der Waals surface area contributed by atoms with Crippen LogP contribution in [0.3, 0.4) is 0 Å². The minimum atomic E-state index is -1.39. The average Bonchev–Trinajstić information content (AvgIpc) is 3.40. The second-order valence-electron chi connectivity index (χ2n) is 10.2. The Bertz CT molecular complexity index is 1640. The van der Waals surface area contributed by atoms with E-state index in [9.17, 15) is 4.79 Å². The Hall–Kier alpha value is -2.92. The first-order chi connectivity index (χ1) is 21.3. The Kier molecular flexibility index (Phi) is 11.0. The summed E-state index contributed by atoms with van der Waals surface area (Å²) in [6.07, 6.45) is 0.0345. The minimum absolute atomic E-state index is 0.0590. The third-order valence-corrected chi connectivity index (χ3v) is 9.01. The molecule has 7 nitrogen and oxygen atoms in total. The number of carbonyl (C=O) groups excluding carboxylic acids is 1. The van der Waals surface area contributed by atoms with Gasteiger partial charge in [-0.2, -0.15) is 0 Å². The standard InChI is InChI=1S/C33H29Br2Cl2N3O4/c34-25-11-6-21(7-12-25)30-33(19-23-4-1-2-5-28(23)35,32(42)40-38-20-24-8-13-26(36)18-29(24)37)39-31(44-30)22-9-14-27(15-10-22)43-17-3-16-41/h1-2,4-15,18,30,38,41H,3,16-17,19-20H2,(H,40,42)/t30-,33-/m0/s1. The number of hydrogen-bond donors (Lipinski definition) is 3. The van der Waals surface area contributed by atoms with Crippen LogP contribution in [0.1, 0.15) is 34.8 Å². The number of benzene rings is 4. The van der Waals surface area contributed by atoms with E-state index in [1.165, 1.54) is 0 Å². The van der Waals surface area contributed by atoms with Gasteiger partial charge in [-0.1, -0.05) is 91.5 Å². The van der Waals surface area contributed by atoms with Gasteiger partial charge in [0.25, 0.3) is 5.91 Å². The van der Waals surface area contributed by atoms with Gasteiger partial charge in [0.1, 0.15) is 5.75 Å². The SMILES string of the molecule is O=C(NNCc1ccc(Cl)cc1Cl)[C@@]1(Cc2ccccc2Br)N=C(c2ccc(OCCCO)cc2)O[C@H]1c1ccc(Br)cc1. The quantitative estimate of drug-likeness (QED) is 0.102. The zero-order chi connectivity index (χ0) is 31.1. The first-order valence-electron chi connectivity index (χ1n) is 13.9. The lowest BCUT2D eigenvalue weighted by molar-refractivity contribution is -0.130. The van der Waals surface area contributed by atoms with E-state index in [-0.39, 0.29) is 25.5 Å². The maximum atomic E-state index is 14.4. The fourth-order valence-corrected chi connectivity index (χ4v) is 6.01. The van der Waals surface area contributed by atoms with E-state index >= 15 is 0 Å². The molecule has 0 spiro atoms. The molecule has 0 aromatic heterocycles. The molecule has 0 bridgehead atoms. The van der Waals surface area contributed by atoms with Gasteiger partial charge < -0.3 is 14.6 Å². The van der Waals surface area contributed by atoms with Crippen molar-refractivity contribution in [3.8, 4) is 5.75 Å². The molecule has 0 fully saturated rings. The lowest BCUT2D eigenvalue weighted by Crippen LogP contribution is -2.53. The van der Waals surface area contributed by atoms with Gasteiger partial charge in [0, 0.05) is 50.5 Å². The summed E-state index contributed by atoms with van der Waals surface area (Å²) >= 11 is 19.6. The van der Waals surface area contributed by atoms with Crippen LogP contribution >= 0.6 is 55.1 Å². The molecule has 2 atom stereocenters. The van der Waals surface area contributed by atoms with Crippen molar-refractivity contribution < 1.29 is 19.4 Å². The molecule has 1 amide bonds. The molecule has 3 N–H and O–H groups in total. The van der Waals surface area contributed by atoms with E-state index in [4.69, 9.17) is 42.8 Å². The maximum absolute atomic E-state index is 14.4. The first-order valence-corrected chi connectivity index (χ1v) is 16.2. The summed E-state index contributed by atoms with van der Waals surface area (Å²) in [5.41, 5.74) is 7.68. The molecule has 11 heteroatoms. The van der Waals surface area contributed by atoms with Crippen molar-refractivity contribution in [1.82, 2.24) is 10.9 Å². The van der Waals surface area contributed by atoms with Crippen LogP contribution in [0.2, 0.25) is 10.0 Å². The summed E-state index contributed by atoms with van der Waals surface area (Å²) in [5, 5.41) is 10.1. The molecule has 44 heavy (non-hydrogen) atoms. The maximum Gasteiger partial charge on any atom is 0.266 e. The second kappa shape index (κ2) is 14.9. The molecule has 0 saturated heterocycles. The molecular formula is C33H29Br2Cl2N3O4. The number of aliphatic imine (C=N–C) groups is 1. The molecule has 4 aromatic carbocycles. The molecule has 1 aliphatic rings. The molecule has 228 valence electrons. The summed E-state index contributed by atoms with van der Waals surface area (Å²) in [4.78, 5) is 19.4. The predicted molar refractivity (Wildman–Crippen MR) is 180 cm³/mol. The van der Waals surface area contributed by atoms with Crippen molar-refractivity contribution in [2.45, 2.75) is 31.0 Å². The number of hydrazine groups is 1. The topological polar surface area (TPSA) is 92.2 Å². The number of nitrogens with one attached hydrogen (secondary N) is 2. The van der Waals surface area contributed by atoms with Crippen molar-refractivity contribution >= 4 is 66.9 Å². The number of rotatable bonds is 12. The summed E-state index contributed by atoms with van der Waals surface area (Å²) in [5.74, 6) is 0.625. The van der Waals surface area contributed by atoms with Crippen molar-refractivity contribution in [2.75, 3.05) is 13.2 Å². The summed E-state index contributed by atoms with van der Waals surface area (Å²) < 4.78 is 14.0. The zero-order valence-corrected chi connectivity index (χ0v) is 28.1. The van der Waals surface area contributed by atoms with E-state index in [2.05, 4.69) is 42.7 Å². The van der Waals surface area contributed by atoms with Crippen LogP contribution in [-0.4, -0.2) is 35.7 Å². The lowest BCUT2D eigenvalue weighted by Gasteiger charge is -2.31. The Morgan fingerprint density at radius 1 is 0.977 bits per heavy atom. The van der Waals surface area contributed by atoms with Gasteiger partial charge >= 0.3 is 0 Å². The number of amides is 1. The molecule has 0 radical (unpaired) electrons. The lowest BCUT2D eigenvalue weighted by atomic mass is 9.82. The van der Waals surface area contributed by atoms with E-state index < -0.39 is 11.6 Å². The monoisotopic (exact) mass is 759 g/mol. The highest BCUT2D eigenvalue weighted by atomic mass is 79.9.